The molecular weight excluding hydrogens is 458 g/mol. The van der Waals surface area contributed by atoms with E-state index in [4.69, 9.17) is 4.74 Å². The van der Waals surface area contributed by atoms with Crippen molar-refractivity contribution in [2.45, 2.75) is 37.5 Å². The van der Waals surface area contributed by atoms with Gasteiger partial charge in [0.25, 0.3) is 0 Å². The van der Waals surface area contributed by atoms with Crippen LogP contribution in [0.1, 0.15) is 36.2 Å². The summed E-state index contributed by atoms with van der Waals surface area (Å²) in [6.45, 7) is 6.00. The van der Waals surface area contributed by atoms with Crippen LogP contribution in [-0.4, -0.2) is 57.2 Å². The average molecular weight is 488 g/mol. The van der Waals surface area contributed by atoms with Crippen LogP contribution >= 0.6 is 11.8 Å². The van der Waals surface area contributed by atoms with Gasteiger partial charge in [-0.25, -0.2) is 0 Å². The lowest BCUT2D eigenvalue weighted by Gasteiger charge is -2.27. The molecule has 6 rings (SSSR count). The highest BCUT2D eigenvalue weighted by molar-refractivity contribution is 7.99. The van der Waals surface area contributed by atoms with Crippen molar-refractivity contribution in [3.63, 3.8) is 0 Å². The molecule has 2 fully saturated rings. The van der Waals surface area contributed by atoms with Gasteiger partial charge in [0, 0.05) is 36.6 Å². The summed E-state index contributed by atoms with van der Waals surface area (Å²) in [6, 6.07) is 18.9. The fraction of sp³-hybridized carbons (Fsp3) is 0.370. The number of carbonyl (C=O) groups excluding carboxylic acids is 1. The molecule has 7 nitrogen and oxygen atoms in total. The van der Waals surface area contributed by atoms with Crippen LogP contribution in [0.15, 0.2) is 59.8 Å². The number of para-hydroxylation sites is 1. The molecule has 0 atom stereocenters. The van der Waals surface area contributed by atoms with E-state index in [-0.39, 0.29) is 5.78 Å². The first kappa shape index (κ1) is 22.4. The molecule has 0 amide bonds. The van der Waals surface area contributed by atoms with Crippen molar-refractivity contribution in [3.05, 3.63) is 60.2 Å². The Balaban J connectivity index is 1.34. The summed E-state index contributed by atoms with van der Waals surface area (Å²) in [6.07, 6.45) is 2.28. The largest absolute Gasteiger partial charge is 0.378 e. The van der Waals surface area contributed by atoms with E-state index in [0.717, 1.165) is 71.3 Å². The third-order valence-electron chi connectivity index (χ3n) is 6.80. The molecule has 1 saturated heterocycles. The zero-order valence-corrected chi connectivity index (χ0v) is 20.7. The third-order valence-corrected chi connectivity index (χ3v) is 7.74. The molecule has 1 saturated carbocycles. The highest BCUT2D eigenvalue weighted by Crippen LogP contribution is 2.41. The number of benzene rings is 2. The van der Waals surface area contributed by atoms with Gasteiger partial charge in [0.05, 0.1) is 30.2 Å². The van der Waals surface area contributed by atoms with Crippen molar-refractivity contribution >= 4 is 34.4 Å². The Kier molecular flexibility index (Phi) is 6.08. The number of aryl methyl sites for hydroxylation is 1. The summed E-state index contributed by atoms with van der Waals surface area (Å²) in [4.78, 5) is 16.1. The van der Waals surface area contributed by atoms with E-state index in [9.17, 15) is 4.79 Å². The van der Waals surface area contributed by atoms with Crippen molar-refractivity contribution in [1.82, 2.24) is 19.3 Å². The van der Waals surface area contributed by atoms with Gasteiger partial charge in [0.2, 0.25) is 5.95 Å². The number of morpholine rings is 1. The van der Waals surface area contributed by atoms with E-state index in [1.54, 1.807) is 0 Å². The molecule has 180 valence electrons. The molecule has 35 heavy (non-hydrogen) atoms. The zero-order valence-electron chi connectivity index (χ0n) is 19.9. The number of Topliss-reactive ketones (excluding diaryl/α,β-unsaturated/α-hetero) is 1. The Bertz CT molecular complexity index is 1350. The summed E-state index contributed by atoms with van der Waals surface area (Å²) in [5.74, 6) is 1.36. The van der Waals surface area contributed by atoms with Gasteiger partial charge in [-0.05, 0) is 31.4 Å². The number of carbonyl (C=O) groups is 1. The second-order valence-electron chi connectivity index (χ2n) is 9.05. The minimum atomic E-state index is 0.121. The van der Waals surface area contributed by atoms with Crippen molar-refractivity contribution in [2.75, 3.05) is 37.0 Å². The molecule has 0 bridgehead atoms. The molecule has 1 aliphatic heterocycles. The first-order valence-electron chi connectivity index (χ1n) is 12.4. The smallest absolute Gasteiger partial charge is 0.228 e. The van der Waals surface area contributed by atoms with Crippen LogP contribution in [0, 0.1) is 0 Å². The fourth-order valence-corrected chi connectivity index (χ4v) is 5.88. The predicted octanol–water partition coefficient (Wildman–Crippen LogP) is 5.07. The topological polar surface area (TPSA) is 65.2 Å². The molecule has 2 aromatic carbocycles. The second-order valence-corrected chi connectivity index (χ2v) is 9.99. The summed E-state index contributed by atoms with van der Waals surface area (Å²) < 4.78 is 10.0. The van der Waals surface area contributed by atoms with E-state index in [0.29, 0.717) is 25.0 Å². The van der Waals surface area contributed by atoms with Crippen LogP contribution in [0.2, 0.25) is 0 Å². The second kappa shape index (κ2) is 9.51. The number of fused-ring (bicyclic) bond motifs is 1. The lowest BCUT2D eigenvalue weighted by molar-refractivity contribution is 0.102. The third kappa shape index (κ3) is 4.15. The van der Waals surface area contributed by atoms with Gasteiger partial charge in [0.1, 0.15) is 0 Å². The number of hydrogen-bond acceptors (Lipinski definition) is 6. The maximum absolute atomic E-state index is 13.8. The van der Waals surface area contributed by atoms with Crippen molar-refractivity contribution in [3.8, 4) is 11.3 Å². The number of anilines is 1. The van der Waals surface area contributed by atoms with E-state index in [1.807, 2.05) is 30.3 Å². The molecule has 0 unspecified atom stereocenters. The quantitative estimate of drug-likeness (QED) is 0.256. The Morgan fingerprint density at radius 1 is 1.03 bits per heavy atom. The summed E-state index contributed by atoms with van der Waals surface area (Å²) in [5.41, 5.74) is 3.96. The van der Waals surface area contributed by atoms with Gasteiger partial charge in [-0.2, -0.15) is 0 Å². The minimum absolute atomic E-state index is 0.121. The molecule has 2 aliphatic rings. The molecule has 3 heterocycles. The number of aromatic nitrogens is 4. The summed E-state index contributed by atoms with van der Waals surface area (Å²) in [5, 5.41) is 10.9. The lowest BCUT2D eigenvalue weighted by Crippen LogP contribution is -2.38. The molecule has 1 aliphatic carbocycles. The van der Waals surface area contributed by atoms with E-state index in [1.165, 1.54) is 11.8 Å². The average Bonchev–Trinajstić information content (AvgIpc) is 3.57. The monoisotopic (exact) mass is 487 g/mol. The number of rotatable bonds is 8. The van der Waals surface area contributed by atoms with Crippen LogP contribution in [0.5, 0.6) is 0 Å². The van der Waals surface area contributed by atoms with Gasteiger partial charge >= 0.3 is 0 Å². The van der Waals surface area contributed by atoms with Gasteiger partial charge < -0.3 is 14.2 Å². The Morgan fingerprint density at radius 3 is 2.51 bits per heavy atom. The van der Waals surface area contributed by atoms with Crippen LogP contribution in [0.25, 0.3) is 22.2 Å². The molecule has 0 spiro atoms. The Labute approximate surface area is 209 Å². The minimum Gasteiger partial charge on any atom is -0.378 e. The van der Waals surface area contributed by atoms with Crippen LogP contribution in [0.3, 0.4) is 0 Å². The highest BCUT2D eigenvalue weighted by Gasteiger charge is 2.33. The maximum Gasteiger partial charge on any atom is 0.228 e. The number of thioether (sulfide) groups is 1. The Morgan fingerprint density at radius 2 is 1.77 bits per heavy atom. The summed E-state index contributed by atoms with van der Waals surface area (Å²) >= 11 is 1.51. The van der Waals surface area contributed by atoms with Crippen LogP contribution < -0.4 is 4.90 Å². The maximum atomic E-state index is 13.8. The number of ketones is 1. The molecule has 2 aromatic heterocycles. The number of hydrogen-bond donors (Lipinski definition) is 0. The van der Waals surface area contributed by atoms with Gasteiger partial charge in [-0.1, -0.05) is 60.3 Å². The predicted molar refractivity (Wildman–Crippen MR) is 139 cm³/mol. The van der Waals surface area contributed by atoms with Crippen LogP contribution in [0.4, 0.5) is 5.95 Å². The molecule has 8 heteroatoms. The number of ether oxygens (including phenoxy) is 1. The van der Waals surface area contributed by atoms with Crippen molar-refractivity contribution in [2.24, 2.45) is 0 Å². The van der Waals surface area contributed by atoms with Gasteiger partial charge in [0.15, 0.2) is 10.9 Å². The molecular formula is C27H29N5O2S. The standard InChI is InChI=1S/C27H29N5O2S/c1-2-31-22-11-7-6-10-21(22)24(25(31)19-8-4-3-5-9-19)23(33)18-35-27-29-28-26(32(27)20-12-13-20)30-14-16-34-17-15-30/h3-11,20H,2,12-18H2,1H3. The first-order valence-corrected chi connectivity index (χ1v) is 13.3. The highest BCUT2D eigenvalue weighted by atomic mass is 32.2. The molecule has 4 aromatic rings. The van der Waals surface area contributed by atoms with E-state index < -0.39 is 0 Å². The van der Waals surface area contributed by atoms with Gasteiger partial charge in [-0.3, -0.25) is 9.36 Å². The first-order chi connectivity index (χ1) is 17.3. The molecule has 0 N–H and O–H groups in total. The number of nitrogens with zero attached hydrogens (tertiary/aromatic N) is 5. The van der Waals surface area contributed by atoms with Gasteiger partial charge in [-0.15, -0.1) is 10.2 Å². The van der Waals surface area contributed by atoms with Crippen LogP contribution in [-0.2, 0) is 11.3 Å². The fourth-order valence-electron chi connectivity index (χ4n) is 5.01. The SMILES string of the molecule is CCn1c(-c2ccccc2)c(C(=O)CSc2nnc(N3CCOCC3)n2C2CC2)c2ccccc21. The Hall–Kier alpha value is -3.10. The normalized spacial score (nSPS) is 16.2. The van der Waals surface area contributed by atoms with E-state index in [2.05, 4.69) is 55.4 Å². The van der Waals surface area contributed by atoms with Crippen molar-refractivity contribution < 1.29 is 9.53 Å². The lowest BCUT2D eigenvalue weighted by atomic mass is 10.0. The summed E-state index contributed by atoms with van der Waals surface area (Å²) in [7, 11) is 0. The molecule has 0 radical (unpaired) electrons. The zero-order chi connectivity index (χ0) is 23.8. The van der Waals surface area contributed by atoms with E-state index >= 15 is 0 Å². The van der Waals surface area contributed by atoms with Crippen molar-refractivity contribution in [1.29, 1.82) is 0 Å².